The summed E-state index contributed by atoms with van der Waals surface area (Å²) in [7, 11) is 0. The molecule has 0 aliphatic heterocycles. The highest BCUT2D eigenvalue weighted by Gasteiger charge is 2.24. The number of rotatable bonds is 26. The van der Waals surface area contributed by atoms with Crippen molar-refractivity contribution in [1.29, 1.82) is 0 Å². The molecule has 0 aliphatic rings. The molecule has 0 saturated carbocycles. The standard InChI is InChI=1S/C28H51N3O6S/c1-3-5-7-9-11-13-15-17-22(16-14-12-10-8-6-4-2)38-21-24(27(35)30-20-26(33)34)31-25(32)19-18-23(29)28(36)37/h4,22-24H,2-3,5-21,29H2,1H3,(H,30,35)(H,31,32)(H,33,34)(H,36,37)/t22?,23-,24-/m0/s1. The van der Waals surface area contributed by atoms with Gasteiger partial charge in [-0.3, -0.25) is 19.2 Å². The van der Waals surface area contributed by atoms with E-state index in [0.717, 1.165) is 51.4 Å². The number of carbonyl (C=O) groups is 4. The Bertz CT molecular complexity index is 692. The molecule has 10 heteroatoms. The van der Waals surface area contributed by atoms with Crippen molar-refractivity contribution >= 4 is 35.5 Å². The van der Waals surface area contributed by atoms with Gasteiger partial charge in [-0.25, -0.2) is 0 Å². The number of nitrogens with two attached hydrogens (primary N) is 1. The molecule has 0 bridgehead atoms. The Balaban J connectivity index is 4.98. The summed E-state index contributed by atoms with van der Waals surface area (Å²) in [5.74, 6) is -3.09. The third-order valence-electron chi connectivity index (χ3n) is 6.38. The maximum atomic E-state index is 12.7. The molecule has 2 amide bonds. The van der Waals surface area contributed by atoms with Gasteiger partial charge in [0, 0.05) is 17.4 Å². The number of allylic oxidation sites excluding steroid dienone is 1. The lowest BCUT2D eigenvalue weighted by Crippen LogP contribution is -2.49. The van der Waals surface area contributed by atoms with Crippen LogP contribution in [-0.2, 0) is 19.2 Å². The third kappa shape index (κ3) is 20.9. The topological polar surface area (TPSA) is 159 Å². The van der Waals surface area contributed by atoms with Gasteiger partial charge in [0.2, 0.25) is 11.8 Å². The molecule has 3 atom stereocenters. The van der Waals surface area contributed by atoms with Crippen LogP contribution in [0.1, 0.15) is 110 Å². The van der Waals surface area contributed by atoms with Crippen molar-refractivity contribution in [2.45, 2.75) is 127 Å². The highest BCUT2D eigenvalue weighted by atomic mass is 32.2. The van der Waals surface area contributed by atoms with Crippen LogP contribution in [0.4, 0.5) is 0 Å². The molecule has 0 aliphatic carbocycles. The Morgan fingerprint density at radius 1 is 0.895 bits per heavy atom. The van der Waals surface area contributed by atoms with E-state index in [1.54, 1.807) is 11.8 Å². The third-order valence-corrected chi connectivity index (χ3v) is 7.85. The van der Waals surface area contributed by atoms with Crippen molar-refractivity contribution in [1.82, 2.24) is 10.6 Å². The smallest absolute Gasteiger partial charge is 0.322 e. The fourth-order valence-corrected chi connectivity index (χ4v) is 5.40. The minimum atomic E-state index is -1.19. The molecule has 0 heterocycles. The predicted octanol–water partition coefficient (Wildman–Crippen LogP) is 4.63. The van der Waals surface area contributed by atoms with Gasteiger partial charge >= 0.3 is 11.9 Å². The number of aliphatic carboxylic acids is 2. The molecule has 1 unspecified atom stereocenters. The lowest BCUT2D eigenvalue weighted by Gasteiger charge is -2.22. The van der Waals surface area contributed by atoms with Crippen LogP contribution in [0.25, 0.3) is 0 Å². The number of hydrogen-bond donors (Lipinski definition) is 5. The van der Waals surface area contributed by atoms with E-state index >= 15 is 0 Å². The number of carboxylic acids is 2. The summed E-state index contributed by atoms with van der Waals surface area (Å²) in [5, 5.41) is 23.2. The Kier molecular flexibility index (Phi) is 22.7. The van der Waals surface area contributed by atoms with Crippen LogP contribution in [0.15, 0.2) is 12.7 Å². The first-order chi connectivity index (χ1) is 18.2. The Morgan fingerprint density at radius 3 is 2.03 bits per heavy atom. The van der Waals surface area contributed by atoms with Gasteiger partial charge in [-0.15, -0.1) is 6.58 Å². The fraction of sp³-hybridized carbons (Fsp3) is 0.786. The average molecular weight is 558 g/mol. The first-order valence-corrected chi connectivity index (χ1v) is 15.3. The van der Waals surface area contributed by atoms with Gasteiger partial charge in [0.1, 0.15) is 18.6 Å². The van der Waals surface area contributed by atoms with E-state index in [2.05, 4.69) is 24.1 Å². The minimum absolute atomic E-state index is 0.0511. The van der Waals surface area contributed by atoms with Gasteiger partial charge < -0.3 is 26.6 Å². The largest absolute Gasteiger partial charge is 0.480 e. The van der Waals surface area contributed by atoms with Gasteiger partial charge in [-0.2, -0.15) is 11.8 Å². The van der Waals surface area contributed by atoms with Crippen LogP contribution >= 0.6 is 11.8 Å². The number of hydrogen-bond acceptors (Lipinski definition) is 6. The first kappa shape index (κ1) is 35.9. The summed E-state index contributed by atoms with van der Waals surface area (Å²) >= 11 is 1.65. The predicted molar refractivity (Wildman–Crippen MR) is 154 cm³/mol. The number of nitrogens with one attached hydrogen (secondary N) is 2. The second-order valence-electron chi connectivity index (χ2n) is 9.86. The summed E-state index contributed by atoms with van der Waals surface area (Å²) in [5.41, 5.74) is 5.48. The summed E-state index contributed by atoms with van der Waals surface area (Å²) in [4.78, 5) is 46.9. The molecular formula is C28H51N3O6S. The SMILES string of the molecule is C=CCCCCCCC(CCCCCCCCC)SC[C@H](NC(=O)CC[C@H](N)C(=O)O)C(=O)NCC(=O)O. The first-order valence-electron chi connectivity index (χ1n) is 14.2. The monoisotopic (exact) mass is 557 g/mol. The molecule has 0 aromatic carbocycles. The molecule has 9 nitrogen and oxygen atoms in total. The highest BCUT2D eigenvalue weighted by Crippen LogP contribution is 2.25. The van der Waals surface area contributed by atoms with E-state index in [-0.39, 0.29) is 12.8 Å². The zero-order valence-electron chi connectivity index (χ0n) is 23.3. The van der Waals surface area contributed by atoms with E-state index in [9.17, 15) is 19.2 Å². The van der Waals surface area contributed by atoms with Crippen molar-refractivity contribution in [3.63, 3.8) is 0 Å². The van der Waals surface area contributed by atoms with E-state index in [4.69, 9.17) is 15.9 Å². The summed E-state index contributed by atoms with van der Waals surface area (Å²) in [6, 6.07) is -2.07. The van der Waals surface area contributed by atoms with Crippen molar-refractivity contribution in [3.8, 4) is 0 Å². The highest BCUT2D eigenvalue weighted by molar-refractivity contribution is 7.99. The Labute approximate surface area is 233 Å². The quantitative estimate of drug-likeness (QED) is 0.0760. The molecule has 38 heavy (non-hydrogen) atoms. The van der Waals surface area contributed by atoms with Crippen molar-refractivity contribution < 1.29 is 29.4 Å². The number of thioether (sulfide) groups is 1. The number of amides is 2. The van der Waals surface area contributed by atoms with Gasteiger partial charge in [-0.1, -0.05) is 77.2 Å². The number of carbonyl (C=O) groups excluding carboxylic acids is 2. The Morgan fingerprint density at radius 2 is 1.47 bits per heavy atom. The molecule has 0 aromatic rings. The molecule has 0 saturated heterocycles. The Hall–Kier alpha value is -2.07. The van der Waals surface area contributed by atoms with Crippen molar-refractivity contribution in [2.24, 2.45) is 5.73 Å². The maximum absolute atomic E-state index is 12.7. The zero-order valence-corrected chi connectivity index (χ0v) is 24.1. The van der Waals surface area contributed by atoms with Crippen LogP contribution in [0, 0.1) is 0 Å². The molecule has 6 N–H and O–H groups in total. The van der Waals surface area contributed by atoms with Gasteiger partial charge in [-0.05, 0) is 32.1 Å². The van der Waals surface area contributed by atoms with Crippen LogP contribution < -0.4 is 16.4 Å². The van der Waals surface area contributed by atoms with Crippen LogP contribution in [0.3, 0.4) is 0 Å². The maximum Gasteiger partial charge on any atom is 0.322 e. The summed E-state index contributed by atoms with van der Waals surface area (Å²) in [6.45, 7) is 5.44. The van der Waals surface area contributed by atoms with Crippen LogP contribution in [-0.4, -0.2) is 63.6 Å². The zero-order chi connectivity index (χ0) is 28.6. The van der Waals surface area contributed by atoms with E-state index in [0.29, 0.717) is 11.0 Å². The summed E-state index contributed by atoms with van der Waals surface area (Å²) < 4.78 is 0. The van der Waals surface area contributed by atoms with Crippen LogP contribution in [0.2, 0.25) is 0 Å². The van der Waals surface area contributed by atoms with E-state index in [1.807, 2.05) is 6.08 Å². The molecule has 220 valence electrons. The van der Waals surface area contributed by atoms with Crippen molar-refractivity contribution in [2.75, 3.05) is 12.3 Å². The normalized spacial score (nSPS) is 13.3. The average Bonchev–Trinajstić information content (AvgIpc) is 2.88. The van der Waals surface area contributed by atoms with Crippen LogP contribution in [0.5, 0.6) is 0 Å². The molecular weight excluding hydrogens is 506 g/mol. The number of carboxylic acid groups (broad SMARTS) is 2. The van der Waals surface area contributed by atoms with Gasteiger partial charge in [0.15, 0.2) is 0 Å². The molecule has 0 spiro atoms. The van der Waals surface area contributed by atoms with Gasteiger partial charge in [0.25, 0.3) is 0 Å². The molecule has 0 rings (SSSR count). The second-order valence-corrected chi connectivity index (χ2v) is 11.2. The second kappa shape index (κ2) is 24.0. The van der Waals surface area contributed by atoms with Crippen molar-refractivity contribution in [3.05, 3.63) is 12.7 Å². The molecule has 0 aromatic heterocycles. The molecule has 0 radical (unpaired) electrons. The lowest BCUT2D eigenvalue weighted by atomic mass is 10.0. The molecule has 0 fully saturated rings. The summed E-state index contributed by atoms with van der Waals surface area (Å²) in [6.07, 6.45) is 18.0. The lowest BCUT2D eigenvalue weighted by molar-refractivity contribution is -0.139. The van der Waals surface area contributed by atoms with Gasteiger partial charge in [0.05, 0.1) is 0 Å². The fourth-order valence-electron chi connectivity index (χ4n) is 4.03. The number of unbranched alkanes of at least 4 members (excludes halogenated alkanes) is 10. The van der Waals surface area contributed by atoms with E-state index in [1.165, 1.54) is 38.5 Å². The van der Waals surface area contributed by atoms with E-state index < -0.39 is 42.4 Å². The minimum Gasteiger partial charge on any atom is -0.480 e.